The molecule has 0 heterocycles. The lowest BCUT2D eigenvalue weighted by atomic mass is 9.84. The Morgan fingerprint density at radius 1 is 1.32 bits per heavy atom. The standard InChI is InChI=1S/C17H35N3O2/c1-5-8-14(12-19-16(21)22-17(2,3)4)20-15-10-7-6-9-13(15)11-18/h13-15,20H,5-12,18H2,1-4H3,(H,19,21). The smallest absolute Gasteiger partial charge is 0.407 e. The van der Waals surface area contributed by atoms with Crippen LogP contribution in [0, 0.1) is 5.92 Å². The van der Waals surface area contributed by atoms with Crippen molar-refractivity contribution in [3.8, 4) is 0 Å². The molecule has 0 saturated heterocycles. The Morgan fingerprint density at radius 2 is 2.00 bits per heavy atom. The molecular weight excluding hydrogens is 278 g/mol. The molecule has 5 heteroatoms. The summed E-state index contributed by atoms with van der Waals surface area (Å²) in [5, 5.41) is 6.62. The molecule has 0 radical (unpaired) electrons. The second-order valence-electron chi connectivity index (χ2n) is 7.42. The van der Waals surface area contributed by atoms with E-state index in [0.29, 0.717) is 18.5 Å². The fourth-order valence-corrected chi connectivity index (χ4v) is 3.13. The van der Waals surface area contributed by atoms with Gasteiger partial charge in [0.1, 0.15) is 5.60 Å². The van der Waals surface area contributed by atoms with Gasteiger partial charge in [0.15, 0.2) is 0 Å². The number of nitrogens with one attached hydrogen (secondary N) is 2. The highest BCUT2D eigenvalue weighted by Crippen LogP contribution is 2.24. The number of carbonyl (C=O) groups excluding carboxylic acids is 1. The summed E-state index contributed by atoms with van der Waals surface area (Å²) in [5.41, 5.74) is 5.45. The van der Waals surface area contributed by atoms with Crippen LogP contribution in [0.15, 0.2) is 0 Å². The second kappa shape index (κ2) is 9.36. The number of hydrogen-bond acceptors (Lipinski definition) is 4. The van der Waals surface area contributed by atoms with Gasteiger partial charge in [-0.05, 0) is 52.5 Å². The Balaban J connectivity index is 2.45. The monoisotopic (exact) mass is 313 g/mol. The third-order valence-corrected chi connectivity index (χ3v) is 4.19. The van der Waals surface area contributed by atoms with E-state index in [2.05, 4.69) is 17.6 Å². The number of alkyl carbamates (subject to hydrolysis) is 1. The molecule has 1 aliphatic carbocycles. The van der Waals surface area contributed by atoms with Crippen LogP contribution in [-0.4, -0.2) is 36.9 Å². The van der Waals surface area contributed by atoms with Crippen LogP contribution in [-0.2, 0) is 4.74 Å². The van der Waals surface area contributed by atoms with E-state index in [9.17, 15) is 4.79 Å². The van der Waals surface area contributed by atoms with Gasteiger partial charge < -0.3 is 21.1 Å². The average Bonchev–Trinajstić information content (AvgIpc) is 2.44. The van der Waals surface area contributed by atoms with E-state index in [4.69, 9.17) is 10.5 Å². The number of rotatable bonds is 7. The molecule has 0 bridgehead atoms. The predicted molar refractivity (Wildman–Crippen MR) is 90.9 cm³/mol. The highest BCUT2D eigenvalue weighted by molar-refractivity contribution is 5.67. The molecule has 0 aliphatic heterocycles. The number of hydrogen-bond donors (Lipinski definition) is 3. The molecule has 1 rings (SSSR count). The van der Waals surface area contributed by atoms with Crippen molar-refractivity contribution in [2.75, 3.05) is 13.1 Å². The molecule has 5 nitrogen and oxygen atoms in total. The van der Waals surface area contributed by atoms with Crippen LogP contribution in [0.2, 0.25) is 0 Å². The highest BCUT2D eigenvalue weighted by Gasteiger charge is 2.26. The molecule has 1 aliphatic rings. The third kappa shape index (κ3) is 7.45. The Bertz CT molecular complexity index is 328. The van der Waals surface area contributed by atoms with Gasteiger partial charge >= 0.3 is 6.09 Å². The third-order valence-electron chi connectivity index (χ3n) is 4.19. The molecule has 1 saturated carbocycles. The molecule has 22 heavy (non-hydrogen) atoms. The highest BCUT2D eigenvalue weighted by atomic mass is 16.6. The van der Waals surface area contributed by atoms with E-state index >= 15 is 0 Å². The first kappa shape index (κ1) is 19.2. The largest absolute Gasteiger partial charge is 0.444 e. The Hall–Kier alpha value is -0.810. The van der Waals surface area contributed by atoms with Crippen LogP contribution in [0.5, 0.6) is 0 Å². The Morgan fingerprint density at radius 3 is 2.59 bits per heavy atom. The predicted octanol–water partition coefficient (Wildman–Crippen LogP) is 2.79. The van der Waals surface area contributed by atoms with Crippen molar-refractivity contribution in [1.82, 2.24) is 10.6 Å². The first-order valence-electron chi connectivity index (χ1n) is 8.78. The molecule has 0 aromatic rings. The molecule has 0 aromatic heterocycles. The van der Waals surface area contributed by atoms with E-state index < -0.39 is 5.60 Å². The number of amides is 1. The molecular formula is C17H35N3O2. The molecule has 1 fully saturated rings. The molecule has 3 atom stereocenters. The molecule has 1 amide bonds. The first-order valence-corrected chi connectivity index (χ1v) is 8.78. The van der Waals surface area contributed by atoms with E-state index in [1.165, 1.54) is 25.7 Å². The number of nitrogens with two attached hydrogens (primary N) is 1. The topological polar surface area (TPSA) is 76.4 Å². The summed E-state index contributed by atoms with van der Waals surface area (Å²) in [6, 6.07) is 0.769. The second-order valence-corrected chi connectivity index (χ2v) is 7.42. The van der Waals surface area contributed by atoms with Gasteiger partial charge in [-0.15, -0.1) is 0 Å². The first-order chi connectivity index (χ1) is 10.4. The zero-order chi connectivity index (χ0) is 16.6. The minimum atomic E-state index is -0.453. The van der Waals surface area contributed by atoms with Crippen molar-refractivity contribution in [1.29, 1.82) is 0 Å². The van der Waals surface area contributed by atoms with Gasteiger partial charge in [-0.1, -0.05) is 26.2 Å². The zero-order valence-corrected chi connectivity index (χ0v) is 14.8. The van der Waals surface area contributed by atoms with Gasteiger partial charge in [0, 0.05) is 18.6 Å². The van der Waals surface area contributed by atoms with E-state index in [0.717, 1.165) is 19.4 Å². The Labute approximate surface area is 135 Å². The number of carbonyl (C=O) groups is 1. The van der Waals surface area contributed by atoms with Crippen LogP contribution in [0.3, 0.4) is 0 Å². The minimum Gasteiger partial charge on any atom is -0.444 e. The van der Waals surface area contributed by atoms with Crippen LogP contribution in [0.1, 0.15) is 66.2 Å². The molecule has 0 spiro atoms. The van der Waals surface area contributed by atoms with E-state index in [1.54, 1.807) is 0 Å². The van der Waals surface area contributed by atoms with Crippen molar-refractivity contribution >= 4 is 6.09 Å². The molecule has 4 N–H and O–H groups in total. The summed E-state index contributed by atoms with van der Waals surface area (Å²) >= 11 is 0. The summed E-state index contributed by atoms with van der Waals surface area (Å²) in [6.07, 6.45) is 6.76. The normalized spacial score (nSPS) is 23.9. The van der Waals surface area contributed by atoms with Gasteiger partial charge in [0.05, 0.1) is 0 Å². The van der Waals surface area contributed by atoms with Crippen LogP contribution in [0.4, 0.5) is 4.79 Å². The lowest BCUT2D eigenvalue weighted by Crippen LogP contribution is -2.50. The average molecular weight is 313 g/mol. The van der Waals surface area contributed by atoms with Crippen LogP contribution in [0.25, 0.3) is 0 Å². The fraction of sp³-hybridized carbons (Fsp3) is 0.941. The molecule has 130 valence electrons. The zero-order valence-electron chi connectivity index (χ0n) is 14.8. The summed E-state index contributed by atoms with van der Waals surface area (Å²) in [4.78, 5) is 11.8. The van der Waals surface area contributed by atoms with E-state index in [1.807, 2.05) is 20.8 Å². The lowest BCUT2D eigenvalue weighted by molar-refractivity contribution is 0.0519. The maximum atomic E-state index is 11.8. The lowest BCUT2D eigenvalue weighted by Gasteiger charge is -2.35. The van der Waals surface area contributed by atoms with Gasteiger partial charge in [0.25, 0.3) is 0 Å². The SMILES string of the molecule is CCCC(CNC(=O)OC(C)(C)C)NC1CCCCC1CN. The Kier molecular flexibility index (Phi) is 8.18. The minimum absolute atomic E-state index is 0.287. The maximum Gasteiger partial charge on any atom is 0.407 e. The fourth-order valence-electron chi connectivity index (χ4n) is 3.13. The quantitative estimate of drug-likeness (QED) is 0.675. The van der Waals surface area contributed by atoms with Crippen molar-refractivity contribution < 1.29 is 9.53 Å². The van der Waals surface area contributed by atoms with Crippen molar-refractivity contribution in [3.63, 3.8) is 0 Å². The van der Waals surface area contributed by atoms with Crippen molar-refractivity contribution in [2.45, 2.75) is 83.9 Å². The summed E-state index contributed by atoms with van der Waals surface area (Å²) in [7, 11) is 0. The van der Waals surface area contributed by atoms with Gasteiger partial charge in [-0.25, -0.2) is 4.79 Å². The van der Waals surface area contributed by atoms with Gasteiger partial charge in [0.2, 0.25) is 0 Å². The van der Waals surface area contributed by atoms with E-state index in [-0.39, 0.29) is 12.1 Å². The summed E-state index contributed by atoms with van der Waals surface area (Å²) in [6.45, 7) is 9.16. The van der Waals surface area contributed by atoms with Gasteiger partial charge in [-0.3, -0.25) is 0 Å². The van der Waals surface area contributed by atoms with Crippen LogP contribution >= 0.6 is 0 Å². The maximum absolute atomic E-state index is 11.8. The number of ether oxygens (including phenoxy) is 1. The summed E-state index contributed by atoms with van der Waals surface area (Å²) < 4.78 is 5.30. The molecule has 3 unspecified atom stereocenters. The van der Waals surface area contributed by atoms with Crippen molar-refractivity contribution in [3.05, 3.63) is 0 Å². The van der Waals surface area contributed by atoms with Gasteiger partial charge in [-0.2, -0.15) is 0 Å². The molecule has 0 aromatic carbocycles. The van der Waals surface area contributed by atoms with Crippen molar-refractivity contribution in [2.24, 2.45) is 11.7 Å². The van der Waals surface area contributed by atoms with Crippen LogP contribution < -0.4 is 16.4 Å². The summed E-state index contributed by atoms with van der Waals surface area (Å²) in [5.74, 6) is 0.564.